The number of esters is 1. The summed E-state index contributed by atoms with van der Waals surface area (Å²) in [7, 11) is 1.13. The van der Waals surface area contributed by atoms with Crippen LogP contribution in [0.1, 0.15) is 28.7 Å². The largest absolute Gasteiger partial charge is 0.465 e. The zero-order valence-corrected chi connectivity index (χ0v) is 13.6. The second kappa shape index (κ2) is 5.87. The van der Waals surface area contributed by atoms with Gasteiger partial charge >= 0.3 is 12.1 Å². The molecule has 0 fully saturated rings. The molecule has 0 saturated carbocycles. The number of carbonyl (C=O) groups excluding carboxylic acids is 1. The van der Waals surface area contributed by atoms with Crippen molar-refractivity contribution in [1.29, 1.82) is 0 Å². The summed E-state index contributed by atoms with van der Waals surface area (Å²) in [5.41, 5.74) is -0.359. The fourth-order valence-electron chi connectivity index (χ4n) is 2.49. The van der Waals surface area contributed by atoms with Crippen molar-refractivity contribution in [2.75, 3.05) is 7.11 Å². The van der Waals surface area contributed by atoms with Gasteiger partial charge in [-0.05, 0) is 19.9 Å². The fourth-order valence-corrected chi connectivity index (χ4v) is 2.49. The highest BCUT2D eigenvalue weighted by atomic mass is 19.4. The molecular formula is C15H14F3N5O2. The predicted octanol–water partition coefficient (Wildman–Crippen LogP) is 2.73. The van der Waals surface area contributed by atoms with Gasteiger partial charge in [-0.25, -0.2) is 14.3 Å². The highest BCUT2D eigenvalue weighted by Gasteiger charge is 2.36. The lowest BCUT2D eigenvalue weighted by Gasteiger charge is -2.11. The first-order chi connectivity index (χ1) is 11.8. The van der Waals surface area contributed by atoms with Crippen molar-refractivity contribution in [2.24, 2.45) is 0 Å². The van der Waals surface area contributed by atoms with Crippen LogP contribution in [0.3, 0.4) is 0 Å². The second-order valence-corrected chi connectivity index (χ2v) is 5.29. The maximum absolute atomic E-state index is 13.5. The molecule has 3 rings (SSSR count). The summed E-state index contributed by atoms with van der Waals surface area (Å²) in [5.74, 6) is -0.811. The summed E-state index contributed by atoms with van der Waals surface area (Å²) in [6.07, 6.45) is -2.05. The van der Waals surface area contributed by atoms with Gasteiger partial charge in [0.05, 0.1) is 24.7 Å². The van der Waals surface area contributed by atoms with Crippen molar-refractivity contribution in [3.8, 4) is 11.3 Å². The Labute approximate surface area is 140 Å². The third-order valence-corrected chi connectivity index (χ3v) is 3.71. The molecule has 0 spiro atoms. The topological polar surface area (TPSA) is 74.3 Å². The Hall–Kier alpha value is -2.91. The molecule has 25 heavy (non-hydrogen) atoms. The molecule has 0 radical (unpaired) electrons. The SMILES string of the molecule is CCn1cc(-c2cc(C(F)(F)F)n3ncc(C(=O)OC)c3n2)c(C)n1. The van der Waals surface area contributed by atoms with E-state index < -0.39 is 17.8 Å². The molecule has 0 N–H and O–H groups in total. The molecule has 0 amide bonds. The van der Waals surface area contributed by atoms with Crippen molar-refractivity contribution in [3.63, 3.8) is 0 Å². The van der Waals surface area contributed by atoms with Crippen LogP contribution in [0.2, 0.25) is 0 Å². The third kappa shape index (κ3) is 2.83. The number of carbonyl (C=O) groups is 1. The summed E-state index contributed by atoms with van der Waals surface area (Å²) in [6.45, 7) is 4.11. The first-order valence-electron chi connectivity index (χ1n) is 7.35. The molecular weight excluding hydrogens is 339 g/mol. The van der Waals surface area contributed by atoms with E-state index in [0.29, 0.717) is 22.3 Å². The van der Waals surface area contributed by atoms with Crippen LogP contribution in [0.15, 0.2) is 18.5 Å². The van der Waals surface area contributed by atoms with Crippen molar-refractivity contribution in [2.45, 2.75) is 26.6 Å². The number of alkyl halides is 3. The van der Waals surface area contributed by atoms with Crippen LogP contribution in [0.4, 0.5) is 13.2 Å². The second-order valence-electron chi connectivity index (χ2n) is 5.29. The summed E-state index contributed by atoms with van der Waals surface area (Å²) < 4.78 is 47.1. The highest BCUT2D eigenvalue weighted by molar-refractivity contribution is 5.95. The molecule has 132 valence electrons. The van der Waals surface area contributed by atoms with Crippen molar-refractivity contribution in [1.82, 2.24) is 24.4 Å². The number of hydrogen-bond acceptors (Lipinski definition) is 5. The number of nitrogens with zero attached hydrogens (tertiary/aromatic N) is 5. The molecule has 3 aromatic rings. The lowest BCUT2D eigenvalue weighted by molar-refractivity contribution is -0.142. The molecule has 0 bridgehead atoms. The van der Waals surface area contributed by atoms with E-state index in [1.807, 2.05) is 6.92 Å². The molecule has 0 aromatic carbocycles. The molecule has 0 unspecified atom stereocenters. The zero-order valence-electron chi connectivity index (χ0n) is 13.6. The smallest absolute Gasteiger partial charge is 0.433 e. The molecule has 0 atom stereocenters. The Balaban J connectivity index is 2.32. The van der Waals surface area contributed by atoms with E-state index in [-0.39, 0.29) is 16.9 Å². The van der Waals surface area contributed by atoms with Gasteiger partial charge in [0.15, 0.2) is 11.3 Å². The van der Waals surface area contributed by atoms with E-state index in [2.05, 4.69) is 19.9 Å². The molecule has 0 aliphatic heterocycles. The molecule has 10 heteroatoms. The van der Waals surface area contributed by atoms with Gasteiger partial charge in [-0.15, -0.1) is 0 Å². The van der Waals surface area contributed by atoms with Crippen LogP contribution < -0.4 is 0 Å². The van der Waals surface area contributed by atoms with Crippen LogP contribution >= 0.6 is 0 Å². The lowest BCUT2D eigenvalue weighted by atomic mass is 10.1. The monoisotopic (exact) mass is 353 g/mol. The molecule has 7 nitrogen and oxygen atoms in total. The minimum atomic E-state index is -4.68. The Bertz CT molecular complexity index is 958. The third-order valence-electron chi connectivity index (χ3n) is 3.71. The number of rotatable bonds is 3. The quantitative estimate of drug-likeness (QED) is 0.677. The first-order valence-corrected chi connectivity index (χ1v) is 7.35. The summed E-state index contributed by atoms with van der Waals surface area (Å²) in [5, 5.41) is 7.87. The predicted molar refractivity (Wildman–Crippen MR) is 81.0 cm³/mol. The Morgan fingerprint density at radius 1 is 1.36 bits per heavy atom. The number of aryl methyl sites for hydroxylation is 2. The molecule has 3 heterocycles. The van der Waals surface area contributed by atoms with E-state index in [0.717, 1.165) is 19.4 Å². The number of ether oxygens (including phenoxy) is 1. The van der Waals surface area contributed by atoms with Gasteiger partial charge in [-0.1, -0.05) is 0 Å². The summed E-state index contributed by atoms with van der Waals surface area (Å²) in [4.78, 5) is 16.0. The van der Waals surface area contributed by atoms with Crippen LogP contribution in [-0.2, 0) is 17.5 Å². The number of halogens is 3. The number of hydrogen-bond donors (Lipinski definition) is 0. The van der Waals surface area contributed by atoms with E-state index in [1.54, 1.807) is 17.8 Å². The van der Waals surface area contributed by atoms with Crippen LogP contribution in [0.5, 0.6) is 0 Å². The molecule has 0 aliphatic rings. The zero-order chi connectivity index (χ0) is 18.4. The van der Waals surface area contributed by atoms with E-state index in [9.17, 15) is 18.0 Å². The average Bonchev–Trinajstić information content (AvgIpc) is 3.15. The summed E-state index contributed by atoms with van der Waals surface area (Å²) >= 11 is 0. The average molecular weight is 353 g/mol. The highest BCUT2D eigenvalue weighted by Crippen LogP contribution is 2.33. The maximum Gasteiger partial charge on any atom is 0.433 e. The van der Waals surface area contributed by atoms with Crippen LogP contribution in [-0.4, -0.2) is 37.5 Å². The van der Waals surface area contributed by atoms with Crippen LogP contribution in [0, 0.1) is 6.92 Å². The van der Waals surface area contributed by atoms with E-state index >= 15 is 0 Å². The fraction of sp³-hybridized carbons (Fsp3) is 0.333. The van der Waals surface area contributed by atoms with E-state index in [4.69, 9.17) is 0 Å². The van der Waals surface area contributed by atoms with Gasteiger partial charge in [0.1, 0.15) is 5.56 Å². The number of fused-ring (bicyclic) bond motifs is 1. The van der Waals surface area contributed by atoms with Gasteiger partial charge < -0.3 is 4.74 Å². The molecule has 0 saturated heterocycles. The van der Waals surface area contributed by atoms with Gasteiger partial charge in [-0.2, -0.15) is 23.4 Å². The van der Waals surface area contributed by atoms with E-state index in [1.165, 1.54) is 0 Å². The first kappa shape index (κ1) is 16.9. The van der Waals surface area contributed by atoms with Gasteiger partial charge in [0.25, 0.3) is 0 Å². The minimum absolute atomic E-state index is 0.0580. The van der Waals surface area contributed by atoms with Gasteiger partial charge in [0, 0.05) is 18.3 Å². The van der Waals surface area contributed by atoms with Gasteiger partial charge in [-0.3, -0.25) is 4.68 Å². The summed E-state index contributed by atoms with van der Waals surface area (Å²) in [6, 6.07) is 0.894. The molecule has 3 aromatic heterocycles. The molecule has 0 aliphatic carbocycles. The van der Waals surface area contributed by atoms with Crippen molar-refractivity contribution in [3.05, 3.63) is 35.4 Å². The van der Waals surface area contributed by atoms with Crippen molar-refractivity contribution >= 4 is 11.6 Å². The van der Waals surface area contributed by atoms with Crippen molar-refractivity contribution < 1.29 is 22.7 Å². The normalized spacial score (nSPS) is 11.9. The standard InChI is InChI=1S/C15H14F3N5O2/c1-4-22-7-10(8(2)21-22)11-5-12(15(16,17)18)23-13(20-11)9(6-19-23)14(24)25-3/h5-7H,4H2,1-3H3. The minimum Gasteiger partial charge on any atom is -0.465 e. The Morgan fingerprint density at radius 2 is 2.08 bits per heavy atom. The maximum atomic E-state index is 13.5. The van der Waals surface area contributed by atoms with Gasteiger partial charge in [0.2, 0.25) is 0 Å². The number of aromatic nitrogens is 5. The lowest BCUT2D eigenvalue weighted by Crippen LogP contribution is -2.14. The van der Waals surface area contributed by atoms with Crippen LogP contribution in [0.25, 0.3) is 16.9 Å². The Kier molecular flexibility index (Phi) is 3.97. The number of methoxy groups -OCH3 is 1. The Morgan fingerprint density at radius 3 is 2.64 bits per heavy atom.